The first-order valence-electron chi connectivity index (χ1n) is 29.6. The molecule has 3 unspecified atom stereocenters. The molecule has 3 atom stereocenters. The number of aliphatic hydroxyl groups is 1. The van der Waals surface area contributed by atoms with E-state index in [1.807, 2.05) is 21.1 Å². The Balaban J connectivity index is 4.04. The number of phosphoric ester groups is 1. The predicted octanol–water partition coefficient (Wildman–Crippen LogP) is 17.8. The van der Waals surface area contributed by atoms with E-state index < -0.39 is 20.0 Å². The summed E-state index contributed by atoms with van der Waals surface area (Å²) in [6.07, 6.45) is 61.4. The molecular formula is C58H118N2O6P+. The molecule has 0 aliphatic heterocycles. The van der Waals surface area contributed by atoms with E-state index >= 15 is 0 Å². The van der Waals surface area contributed by atoms with Crippen molar-refractivity contribution in [3.05, 3.63) is 12.2 Å². The summed E-state index contributed by atoms with van der Waals surface area (Å²) < 4.78 is 23.8. The maximum absolute atomic E-state index is 13.0. The van der Waals surface area contributed by atoms with Crippen LogP contribution in [0.25, 0.3) is 0 Å². The Morgan fingerprint density at radius 1 is 0.493 bits per heavy atom. The summed E-state index contributed by atoms with van der Waals surface area (Å²) in [6, 6.07) is -0.762. The fourth-order valence-electron chi connectivity index (χ4n) is 9.10. The molecule has 1 amide bonds. The zero-order chi connectivity index (χ0) is 49.2. The number of aliphatic hydroxyl groups excluding tert-OH is 1. The van der Waals surface area contributed by atoms with Crippen molar-refractivity contribution in [2.24, 2.45) is 0 Å². The molecule has 67 heavy (non-hydrogen) atoms. The quantitative estimate of drug-likeness (QED) is 0.0243. The Labute approximate surface area is 418 Å². The van der Waals surface area contributed by atoms with Crippen LogP contribution < -0.4 is 5.32 Å². The van der Waals surface area contributed by atoms with Gasteiger partial charge < -0.3 is 19.8 Å². The van der Waals surface area contributed by atoms with Gasteiger partial charge in [-0.25, -0.2) is 4.57 Å². The van der Waals surface area contributed by atoms with E-state index in [1.165, 1.54) is 225 Å². The van der Waals surface area contributed by atoms with Crippen LogP contribution in [0.1, 0.15) is 303 Å². The second kappa shape index (κ2) is 50.2. The number of carbonyl (C=O) groups is 1. The lowest BCUT2D eigenvalue weighted by atomic mass is 10.0. The normalized spacial score (nSPS) is 14.0. The highest BCUT2D eigenvalue weighted by atomic mass is 31.2. The summed E-state index contributed by atoms with van der Waals surface area (Å²) in [5.74, 6) is -0.148. The molecule has 0 spiro atoms. The third kappa shape index (κ3) is 52.9. The Bertz CT molecular complexity index is 1100. The summed E-state index contributed by atoms with van der Waals surface area (Å²) in [5.41, 5.74) is 0. The molecule has 0 bridgehead atoms. The number of nitrogens with zero attached hydrogens (tertiary/aromatic N) is 1. The van der Waals surface area contributed by atoms with E-state index in [0.717, 1.165) is 51.4 Å². The molecule has 0 aliphatic rings. The van der Waals surface area contributed by atoms with Gasteiger partial charge in [0.05, 0.1) is 39.9 Å². The molecule has 0 aromatic rings. The molecule has 0 saturated heterocycles. The second-order valence-corrected chi connectivity index (χ2v) is 23.2. The van der Waals surface area contributed by atoms with Crippen LogP contribution >= 0.6 is 7.82 Å². The maximum Gasteiger partial charge on any atom is 0.472 e. The van der Waals surface area contributed by atoms with Crippen molar-refractivity contribution in [3.8, 4) is 0 Å². The van der Waals surface area contributed by atoms with Gasteiger partial charge in [-0.2, -0.15) is 0 Å². The Morgan fingerprint density at radius 3 is 1.15 bits per heavy atom. The van der Waals surface area contributed by atoms with Crippen molar-refractivity contribution in [2.75, 3.05) is 40.9 Å². The van der Waals surface area contributed by atoms with Gasteiger partial charge in [0, 0.05) is 6.42 Å². The van der Waals surface area contributed by atoms with Crippen molar-refractivity contribution in [3.63, 3.8) is 0 Å². The van der Waals surface area contributed by atoms with Gasteiger partial charge in [-0.3, -0.25) is 13.8 Å². The van der Waals surface area contributed by atoms with E-state index in [0.29, 0.717) is 23.9 Å². The Kier molecular flexibility index (Phi) is 49.6. The third-order valence-corrected chi connectivity index (χ3v) is 14.7. The van der Waals surface area contributed by atoms with Crippen LogP contribution in [0.2, 0.25) is 0 Å². The molecule has 0 rings (SSSR count). The smallest absolute Gasteiger partial charge is 0.391 e. The number of hydrogen-bond donors (Lipinski definition) is 3. The molecule has 0 aromatic carbocycles. The SMILES string of the molecule is CCCCCCCC/C=C\CCCCCCCC(=O)NC(COP(=O)(O)OCC[N+](C)(C)C)C(O)CCCCCCCCCCCCCCCCCCCCCCCCCCCCCCCC. The van der Waals surface area contributed by atoms with Gasteiger partial charge in [-0.05, 0) is 38.5 Å². The minimum Gasteiger partial charge on any atom is -0.391 e. The molecule has 0 aliphatic carbocycles. The number of carbonyl (C=O) groups excluding carboxylic acids is 1. The maximum atomic E-state index is 13.0. The highest BCUT2D eigenvalue weighted by Gasteiger charge is 2.28. The molecule has 3 N–H and O–H groups in total. The molecule has 400 valence electrons. The van der Waals surface area contributed by atoms with Crippen molar-refractivity contribution < 1.29 is 32.9 Å². The monoisotopic (exact) mass is 970 g/mol. The summed E-state index contributed by atoms with van der Waals surface area (Å²) in [5, 5.41) is 14.1. The van der Waals surface area contributed by atoms with Crippen LogP contribution in [0.4, 0.5) is 0 Å². The number of nitrogens with one attached hydrogen (secondary N) is 1. The van der Waals surface area contributed by atoms with Gasteiger partial charge in [0.15, 0.2) is 0 Å². The molecule has 0 radical (unpaired) electrons. The number of rotatable bonds is 55. The van der Waals surface area contributed by atoms with Crippen LogP contribution in [0.15, 0.2) is 12.2 Å². The highest BCUT2D eigenvalue weighted by molar-refractivity contribution is 7.47. The van der Waals surface area contributed by atoms with Crippen LogP contribution in [0.5, 0.6) is 0 Å². The van der Waals surface area contributed by atoms with Crippen molar-refractivity contribution in [1.82, 2.24) is 5.32 Å². The van der Waals surface area contributed by atoms with E-state index in [2.05, 4.69) is 31.3 Å². The van der Waals surface area contributed by atoms with E-state index in [1.54, 1.807) is 0 Å². The molecular weight excluding hydrogens is 852 g/mol. The van der Waals surface area contributed by atoms with Gasteiger partial charge in [0.1, 0.15) is 13.2 Å². The zero-order valence-electron chi connectivity index (χ0n) is 45.7. The fraction of sp³-hybridized carbons (Fsp3) is 0.948. The summed E-state index contributed by atoms with van der Waals surface area (Å²) in [7, 11) is 1.62. The van der Waals surface area contributed by atoms with Crippen molar-refractivity contribution in [1.29, 1.82) is 0 Å². The Hall–Kier alpha value is -0.760. The van der Waals surface area contributed by atoms with E-state index in [9.17, 15) is 19.4 Å². The summed E-state index contributed by atoms with van der Waals surface area (Å²) >= 11 is 0. The lowest BCUT2D eigenvalue weighted by molar-refractivity contribution is -0.870. The molecule has 8 nitrogen and oxygen atoms in total. The average Bonchev–Trinajstić information content (AvgIpc) is 3.29. The minimum absolute atomic E-state index is 0.0754. The number of allylic oxidation sites excluding steroid dienone is 2. The topological polar surface area (TPSA) is 105 Å². The number of phosphoric acid groups is 1. The highest BCUT2D eigenvalue weighted by Crippen LogP contribution is 2.43. The Morgan fingerprint density at radius 2 is 0.806 bits per heavy atom. The van der Waals surface area contributed by atoms with Crippen LogP contribution in [0, 0.1) is 0 Å². The van der Waals surface area contributed by atoms with Gasteiger partial charge >= 0.3 is 7.82 Å². The average molecular weight is 971 g/mol. The molecule has 0 aromatic heterocycles. The third-order valence-electron chi connectivity index (χ3n) is 13.8. The number of hydrogen-bond acceptors (Lipinski definition) is 5. The largest absolute Gasteiger partial charge is 0.472 e. The number of amides is 1. The molecule has 0 saturated carbocycles. The second-order valence-electron chi connectivity index (χ2n) is 21.7. The van der Waals surface area contributed by atoms with E-state index in [-0.39, 0.29) is 19.1 Å². The molecule has 0 fully saturated rings. The fourth-order valence-corrected chi connectivity index (χ4v) is 9.84. The molecule has 0 heterocycles. The van der Waals surface area contributed by atoms with E-state index in [4.69, 9.17) is 9.05 Å². The summed E-state index contributed by atoms with van der Waals surface area (Å²) in [6.45, 7) is 4.92. The van der Waals surface area contributed by atoms with Crippen LogP contribution in [-0.2, 0) is 18.4 Å². The molecule has 9 heteroatoms. The minimum atomic E-state index is -4.32. The predicted molar refractivity (Wildman–Crippen MR) is 291 cm³/mol. The first-order chi connectivity index (χ1) is 32.5. The van der Waals surface area contributed by atoms with Gasteiger partial charge in [0.2, 0.25) is 5.91 Å². The number of likely N-dealkylation sites (N-methyl/N-ethyl adjacent to an activating group) is 1. The summed E-state index contributed by atoms with van der Waals surface area (Å²) in [4.78, 5) is 23.3. The lowest BCUT2D eigenvalue weighted by Crippen LogP contribution is -2.46. The first-order valence-corrected chi connectivity index (χ1v) is 31.0. The number of quaternary nitrogens is 1. The van der Waals surface area contributed by atoms with Gasteiger partial charge in [-0.1, -0.05) is 270 Å². The standard InChI is InChI=1S/C58H117N2O6P/c1-6-8-10-12-14-16-18-20-22-23-24-25-26-27-28-29-30-31-32-33-34-35-36-38-39-41-43-45-47-49-51-57(61)56(55-66-67(63,64)65-54-53-60(3,4)5)59-58(62)52-50-48-46-44-42-40-37-21-19-17-15-13-11-9-7-2/h21,37,56-57,61H,6-20,22-36,38-55H2,1-5H3,(H-,59,62,63,64)/p+1/b37-21-. The first kappa shape index (κ1) is 66.2. The van der Waals surface area contributed by atoms with Gasteiger partial charge in [0.25, 0.3) is 0 Å². The van der Waals surface area contributed by atoms with Crippen molar-refractivity contribution in [2.45, 2.75) is 315 Å². The van der Waals surface area contributed by atoms with Crippen LogP contribution in [-0.4, -0.2) is 73.4 Å². The van der Waals surface area contributed by atoms with Crippen LogP contribution in [0.3, 0.4) is 0 Å². The van der Waals surface area contributed by atoms with Crippen molar-refractivity contribution >= 4 is 13.7 Å². The lowest BCUT2D eigenvalue weighted by Gasteiger charge is -2.26. The number of unbranched alkanes of at least 4 members (excludes halogenated alkanes) is 40. The zero-order valence-corrected chi connectivity index (χ0v) is 46.6. The van der Waals surface area contributed by atoms with Gasteiger partial charge in [-0.15, -0.1) is 0 Å².